The number of hydrogen-bond donors (Lipinski definition) is 0. The standard InChI is InChI=1S/C13H24O2/c1-11-7-4-3-5-9-13(10-6-8-11)15-12(2)14/h11,13H,3-10H2,1-2H3. The fourth-order valence-electron chi connectivity index (χ4n) is 2.38. The second-order valence-electron chi connectivity index (χ2n) is 4.91. The van der Waals surface area contributed by atoms with Crippen LogP contribution in [0.5, 0.6) is 0 Å². The highest BCUT2D eigenvalue weighted by atomic mass is 16.5. The summed E-state index contributed by atoms with van der Waals surface area (Å²) in [6.45, 7) is 3.85. The molecule has 15 heavy (non-hydrogen) atoms. The summed E-state index contributed by atoms with van der Waals surface area (Å²) in [5.74, 6) is 0.728. The number of carbonyl (C=O) groups is 1. The van der Waals surface area contributed by atoms with Gasteiger partial charge in [0.1, 0.15) is 6.10 Å². The molecule has 0 amide bonds. The summed E-state index contributed by atoms with van der Waals surface area (Å²) >= 11 is 0. The lowest BCUT2D eigenvalue weighted by Crippen LogP contribution is -2.17. The van der Waals surface area contributed by atoms with E-state index in [0.29, 0.717) is 0 Å². The van der Waals surface area contributed by atoms with Crippen LogP contribution in [0.15, 0.2) is 0 Å². The van der Waals surface area contributed by atoms with Gasteiger partial charge >= 0.3 is 5.97 Å². The van der Waals surface area contributed by atoms with Gasteiger partial charge in [0.15, 0.2) is 0 Å². The van der Waals surface area contributed by atoms with Crippen LogP contribution in [0.3, 0.4) is 0 Å². The van der Waals surface area contributed by atoms with E-state index < -0.39 is 0 Å². The Kier molecular flexibility index (Phi) is 5.74. The minimum absolute atomic E-state index is 0.120. The average molecular weight is 212 g/mol. The van der Waals surface area contributed by atoms with Crippen molar-refractivity contribution >= 4 is 5.97 Å². The third-order valence-corrected chi connectivity index (χ3v) is 3.28. The molecule has 0 aromatic rings. The van der Waals surface area contributed by atoms with Gasteiger partial charge in [-0.2, -0.15) is 0 Å². The van der Waals surface area contributed by atoms with Crippen molar-refractivity contribution in [2.75, 3.05) is 0 Å². The molecule has 2 atom stereocenters. The normalized spacial score (nSPS) is 29.5. The maximum Gasteiger partial charge on any atom is 0.302 e. The van der Waals surface area contributed by atoms with Gasteiger partial charge in [0.25, 0.3) is 0 Å². The van der Waals surface area contributed by atoms with Gasteiger partial charge in [0, 0.05) is 6.92 Å². The molecule has 2 heteroatoms. The SMILES string of the molecule is CC(=O)OC1CCCCCC(C)CCC1. The Morgan fingerprint density at radius 2 is 1.60 bits per heavy atom. The molecule has 0 saturated heterocycles. The molecule has 0 spiro atoms. The highest BCUT2D eigenvalue weighted by Gasteiger charge is 2.14. The van der Waals surface area contributed by atoms with Gasteiger partial charge in [0.05, 0.1) is 0 Å². The lowest BCUT2D eigenvalue weighted by Gasteiger charge is -2.20. The molecule has 1 saturated carbocycles. The van der Waals surface area contributed by atoms with E-state index in [9.17, 15) is 4.79 Å². The first-order chi connectivity index (χ1) is 7.18. The van der Waals surface area contributed by atoms with Crippen LogP contribution >= 0.6 is 0 Å². The Labute approximate surface area is 93.4 Å². The van der Waals surface area contributed by atoms with Crippen molar-refractivity contribution in [1.29, 1.82) is 0 Å². The zero-order valence-electron chi connectivity index (χ0n) is 10.1. The third kappa shape index (κ3) is 5.81. The fraction of sp³-hybridized carbons (Fsp3) is 0.923. The van der Waals surface area contributed by atoms with Crippen LogP contribution in [0, 0.1) is 5.92 Å². The molecule has 88 valence electrons. The Hall–Kier alpha value is -0.530. The molecule has 0 bridgehead atoms. The van der Waals surface area contributed by atoms with Crippen LogP contribution < -0.4 is 0 Å². The molecule has 0 aliphatic heterocycles. The number of rotatable bonds is 1. The van der Waals surface area contributed by atoms with E-state index in [1.807, 2.05) is 0 Å². The summed E-state index contributed by atoms with van der Waals surface area (Å²) in [6, 6.07) is 0. The zero-order chi connectivity index (χ0) is 11.1. The maximum atomic E-state index is 10.9. The molecule has 1 aliphatic rings. The average Bonchev–Trinajstić information content (AvgIpc) is 2.16. The number of ether oxygens (including phenoxy) is 1. The molecule has 0 radical (unpaired) electrons. The summed E-state index contributed by atoms with van der Waals surface area (Å²) in [4.78, 5) is 10.9. The number of carbonyl (C=O) groups excluding carboxylic acids is 1. The van der Waals surface area contributed by atoms with E-state index in [2.05, 4.69) is 6.92 Å². The molecule has 1 rings (SSSR count). The van der Waals surface area contributed by atoms with E-state index in [-0.39, 0.29) is 12.1 Å². The van der Waals surface area contributed by atoms with Crippen LogP contribution in [-0.4, -0.2) is 12.1 Å². The predicted molar refractivity (Wildman–Crippen MR) is 61.7 cm³/mol. The lowest BCUT2D eigenvalue weighted by atomic mass is 9.93. The Morgan fingerprint density at radius 1 is 1.00 bits per heavy atom. The highest BCUT2D eigenvalue weighted by Crippen LogP contribution is 2.22. The molecule has 0 aromatic carbocycles. The third-order valence-electron chi connectivity index (χ3n) is 3.28. The monoisotopic (exact) mass is 212 g/mol. The highest BCUT2D eigenvalue weighted by molar-refractivity contribution is 5.66. The topological polar surface area (TPSA) is 26.3 Å². The Bertz CT molecular complexity index is 189. The van der Waals surface area contributed by atoms with Gasteiger partial charge in [0.2, 0.25) is 0 Å². The summed E-state index contributed by atoms with van der Waals surface area (Å²) in [7, 11) is 0. The first-order valence-corrected chi connectivity index (χ1v) is 6.35. The van der Waals surface area contributed by atoms with Crippen LogP contribution in [0.25, 0.3) is 0 Å². The maximum absolute atomic E-state index is 10.9. The lowest BCUT2D eigenvalue weighted by molar-refractivity contribution is -0.147. The minimum atomic E-state index is -0.120. The minimum Gasteiger partial charge on any atom is -0.463 e. The summed E-state index contributed by atoms with van der Waals surface area (Å²) < 4.78 is 5.32. The van der Waals surface area contributed by atoms with Gasteiger partial charge in [-0.1, -0.05) is 32.6 Å². The molecule has 1 aliphatic carbocycles. The molecule has 2 nitrogen and oxygen atoms in total. The van der Waals surface area contributed by atoms with E-state index in [0.717, 1.165) is 18.8 Å². The van der Waals surface area contributed by atoms with Crippen molar-refractivity contribution in [2.45, 2.75) is 71.3 Å². The van der Waals surface area contributed by atoms with Crippen molar-refractivity contribution in [3.05, 3.63) is 0 Å². The van der Waals surface area contributed by atoms with Gasteiger partial charge in [-0.3, -0.25) is 4.79 Å². The first kappa shape index (κ1) is 12.5. The van der Waals surface area contributed by atoms with E-state index in [4.69, 9.17) is 4.74 Å². The summed E-state index contributed by atoms with van der Waals surface area (Å²) in [6.07, 6.45) is 10.0. The Morgan fingerprint density at radius 3 is 2.33 bits per heavy atom. The quantitative estimate of drug-likeness (QED) is 0.620. The number of esters is 1. The van der Waals surface area contributed by atoms with Crippen molar-refractivity contribution in [1.82, 2.24) is 0 Å². The second-order valence-corrected chi connectivity index (χ2v) is 4.91. The molecule has 0 N–H and O–H groups in total. The summed E-state index contributed by atoms with van der Waals surface area (Å²) in [5.41, 5.74) is 0. The van der Waals surface area contributed by atoms with Crippen LogP contribution in [0.1, 0.15) is 65.2 Å². The predicted octanol–water partition coefficient (Wildman–Crippen LogP) is 3.69. The molecule has 0 aromatic heterocycles. The molecule has 2 unspecified atom stereocenters. The Balaban J connectivity index is 2.33. The number of hydrogen-bond acceptors (Lipinski definition) is 2. The first-order valence-electron chi connectivity index (χ1n) is 6.35. The molecular formula is C13H24O2. The van der Waals surface area contributed by atoms with E-state index >= 15 is 0 Å². The fourth-order valence-corrected chi connectivity index (χ4v) is 2.38. The van der Waals surface area contributed by atoms with E-state index in [1.54, 1.807) is 0 Å². The van der Waals surface area contributed by atoms with Crippen LogP contribution in [-0.2, 0) is 9.53 Å². The van der Waals surface area contributed by atoms with E-state index in [1.165, 1.54) is 45.4 Å². The molecular weight excluding hydrogens is 188 g/mol. The van der Waals surface area contributed by atoms with Gasteiger partial charge in [-0.05, 0) is 31.6 Å². The molecule has 1 fully saturated rings. The van der Waals surface area contributed by atoms with Gasteiger partial charge in [-0.25, -0.2) is 0 Å². The second kappa shape index (κ2) is 6.86. The van der Waals surface area contributed by atoms with Gasteiger partial charge in [-0.15, -0.1) is 0 Å². The van der Waals surface area contributed by atoms with Crippen LogP contribution in [0.2, 0.25) is 0 Å². The van der Waals surface area contributed by atoms with Crippen LogP contribution in [0.4, 0.5) is 0 Å². The smallest absolute Gasteiger partial charge is 0.302 e. The van der Waals surface area contributed by atoms with Crippen molar-refractivity contribution in [3.8, 4) is 0 Å². The largest absolute Gasteiger partial charge is 0.463 e. The van der Waals surface area contributed by atoms with Gasteiger partial charge < -0.3 is 4.74 Å². The van der Waals surface area contributed by atoms with Crippen molar-refractivity contribution in [2.24, 2.45) is 5.92 Å². The zero-order valence-corrected chi connectivity index (χ0v) is 10.1. The summed E-state index contributed by atoms with van der Waals surface area (Å²) in [5, 5.41) is 0. The van der Waals surface area contributed by atoms with Crippen molar-refractivity contribution in [3.63, 3.8) is 0 Å². The molecule has 0 heterocycles. The van der Waals surface area contributed by atoms with Crippen molar-refractivity contribution < 1.29 is 9.53 Å².